The highest BCUT2D eigenvalue weighted by molar-refractivity contribution is 6.42. The number of alkyl halides is 3. The molecule has 0 saturated carbocycles. The number of amides is 1. The standard InChI is InChI=1S/C15H14Cl2F3N5O2/c1-25(14(26)27)5-4-21-12-9(15(18,19)20)7-22-13(24-12)23-8-2-3-10(16)11(17)6-8/h2-3,6-7H,4-5H2,1H3,(H,26,27)(H2,21,22,23,24)/p-1. The average Bonchev–Trinajstić information content (AvgIpc) is 2.57. The molecule has 146 valence electrons. The number of nitrogens with zero attached hydrogens (tertiary/aromatic N) is 3. The van der Waals surface area contributed by atoms with Crippen molar-refractivity contribution in [3.05, 3.63) is 40.0 Å². The van der Waals surface area contributed by atoms with Crippen molar-refractivity contribution in [2.75, 3.05) is 30.8 Å². The molecule has 0 radical (unpaired) electrons. The molecule has 0 saturated heterocycles. The molecule has 0 atom stereocenters. The molecule has 1 aromatic carbocycles. The largest absolute Gasteiger partial charge is 0.530 e. The molecule has 0 spiro atoms. The fourth-order valence-corrected chi connectivity index (χ4v) is 2.22. The van der Waals surface area contributed by atoms with E-state index in [1.807, 2.05) is 0 Å². The summed E-state index contributed by atoms with van der Waals surface area (Å²) in [5, 5.41) is 16.4. The Morgan fingerprint density at radius 2 is 2.00 bits per heavy atom. The smallest absolute Gasteiger partial charge is 0.421 e. The summed E-state index contributed by atoms with van der Waals surface area (Å²) in [6.45, 7) is -0.212. The summed E-state index contributed by atoms with van der Waals surface area (Å²) in [7, 11) is 1.24. The van der Waals surface area contributed by atoms with Gasteiger partial charge in [0.15, 0.2) is 0 Å². The highest BCUT2D eigenvalue weighted by atomic mass is 35.5. The van der Waals surface area contributed by atoms with E-state index in [2.05, 4.69) is 20.6 Å². The maximum Gasteiger partial charge on any atom is 0.421 e. The van der Waals surface area contributed by atoms with Gasteiger partial charge in [-0.3, -0.25) is 0 Å². The third-order valence-electron chi connectivity index (χ3n) is 3.32. The van der Waals surface area contributed by atoms with E-state index in [-0.39, 0.29) is 24.1 Å². The van der Waals surface area contributed by atoms with E-state index in [1.165, 1.54) is 19.2 Å². The number of rotatable bonds is 6. The highest BCUT2D eigenvalue weighted by Gasteiger charge is 2.35. The summed E-state index contributed by atoms with van der Waals surface area (Å²) in [5.41, 5.74) is -0.662. The second kappa shape index (κ2) is 8.49. The van der Waals surface area contributed by atoms with Crippen LogP contribution in [0.3, 0.4) is 0 Å². The molecule has 0 bridgehead atoms. The van der Waals surface area contributed by atoms with Gasteiger partial charge in [-0.25, -0.2) is 4.98 Å². The van der Waals surface area contributed by atoms with Crippen molar-refractivity contribution < 1.29 is 23.1 Å². The van der Waals surface area contributed by atoms with E-state index in [0.717, 1.165) is 4.90 Å². The lowest BCUT2D eigenvalue weighted by molar-refractivity contribution is -0.263. The normalized spacial score (nSPS) is 11.2. The third-order valence-corrected chi connectivity index (χ3v) is 4.06. The molecule has 0 aliphatic carbocycles. The van der Waals surface area contributed by atoms with Crippen LogP contribution in [0.4, 0.5) is 35.4 Å². The predicted octanol–water partition coefficient (Wildman–Crippen LogP) is 3.23. The molecule has 1 amide bonds. The van der Waals surface area contributed by atoms with Crippen molar-refractivity contribution in [2.45, 2.75) is 6.18 Å². The van der Waals surface area contributed by atoms with E-state index >= 15 is 0 Å². The number of hydrogen-bond donors (Lipinski definition) is 2. The average molecular weight is 423 g/mol. The van der Waals surface area contributed by atoms with Gasteiger partial charge in [-0.2, -0.15) is 18.2 Å². The lowest BCUT2D eigenvalue weighted by atomic mass is 10.3. The molecule has 0 fully saturated rings. The SMILES string of the molecule is CN(CCNc1nc(Nc2ccc(Cl)c(Cl)c2)ncc1C(F)(F)F)C(=O)[O-]. The van der Waals surface area contributed by atoms with Gasteiger partial charge in [0.2, 0.25) is 5.95 Å². The van der Waals surface area contributed by atoms with Gasteiger partial charge in [0.1, 0.15) is 17.5 Å². The molecule has 0 aliphatic heterocycles. The zero-order chi connectivity index (χ0) is 20.2. The number of carboxylic acid groups (broad SMARTS) is 1. The van der Waals surface area contributed by atoms with E-state index in [9.17, 15) is 23.1 Å². The lowest BCUT2D eigenvalue weighted by Gasteiger charge is -2.20. The van der Waals surface area contributed by atoms with Gasteiger partial charge in [0.25, 0.3) is 0 Å². The number of hydrogen-bond acceptors (Lipinski definition) is 6. The quantitative estimate of drug-likeness (QED) is 0.741. The molecule has 0 aliphatic rings. The monoisotopic (exact) mass is 422 g/mol. The maximum atomic E-state index is 13.1. The Morgan fingerprint density at radius 1 is 1.30 bits per heavy atom. The van der Waals surface area contributed by atoms with Crippen LogP contribution >= 0.6 is 23.2 Å². The zero-order valence-electron chi connectivity index (χ0n) is 13.8. The van der Waals surface area contributed by atoms with Gasteiger partial charge in [-0.05, 0) is 18.2 Å². The first-order valence-corrected chi connectivity index (χ1v) is 8.16. The van der Waals surface area contributed by atoms with Gasteiger partial charge in [0.05, 0.1) is 10.0 Å². The first kappa shape index (κ1) is 20.8. The van der Waals surface area contributed by atoms with Crippen molar-refractivity contribution >= 4 is 46.7 Å². The summed E-state index contributed by atoms with van der Waals surface area (Å²) >= 11 is 11.7. The van der Waals surface area contributed by atoms with Crippen LogP contribution in [0.1, 0.15) is 5.56 Å². The van der Waals surface area contributed by atoms with Gasteiger partial charge in [-0.15, -0.1) is 0 Å². The first-order valence-electron chi connectivity index (χ1n) is 7.40. The van der Waals surface area contributed by atoms with Crippen LogP contribution < -0.4 is 15.7 Å². The van der Waals surface area contributed by atoms with Crippen LogP contribution in [-0.4, -0.2) is 41.1 Å². The Labute approximate surface area is 162 Å². The summed E-state index contributed by atoms with van der Waals surface area (Å²) < 4.78 is 39.4. The number of likely N-dealkylation sites (N-methyl/N-ethyl adjacent to an activating group) is 1. The lowest BCUT2D eigenvalue weighted by Crippen LogP contribution is -2.40. The van der Waals surface area contributed by atoms with Crippen molar-refractivity contribution in [2.24, 2.45) is 0 Å². The van der Waals surface area contributed by atoms with Crippen LogP contribution in [0.2, 0.25) is 10.0 Å². The van der Waals surface area contributed by atoms with Crippen molar-refractivity contribution in [1.29, 1.82) is 0 Å². The summed E-state index contributed by atoms with van der Waals surface area (Å²) in [6, 6.07) is 4.52. The Morgan fingerprint density at radius 3 is 2.59 bits per heavy atom. The first-order chi connectivity index (χ1) is 12.6. The minimum atomic E-state index is -4.69. The van der Waals surface area contributed by atoms with Crippen molar-refractivity contribution in [3.63, 3.8) is 0 Å². The van der Waals surface area contributed by atoms with E-state index in [1.54, 1.807) is 6.07 Å². The third kappa shape index (κ3) is 5.76. The fourth-order valence-electron chi connectivity index (χ4n) is 1.92. The molecule has 1 aromatic heterocycles. The predicted molar refractivity (Wildman–Crippen MR) is 93.3 cm³/mol. The number of benzene rings is 1. The Hall–Kier alpha value is -2.46. The number of carbonyl (C=O) groups is 1. The number of aromatic nitrogens is 2. The molecule has 2 N–H and O–H groups in total. The maximum absolute atomic E-state index is 13.1. The summed E-state index contributed by atoms with van der Waals surface area (Å²) in [6.07, 6.45) is -5.51. The van der Waals surface area contributed by atoms with Gasteiger partial charge >= 0.3 is 6.18 Å². The molecule has 2 aromatic rings. The van der Waals surface area contributed by atoms with Crippen LogP contribution in [0, 0.1) is 0 Å². The van der Waals surface area contributed by atoms with Crippen LogP contribution in [0.5, 0.6) is 0 Å². The Balaban J connectivity index is 2.22. The van der Waals surface area contributed by atoms with E-state index in [4.69, 9.17) is 23.2 Å². The number of anilines is 3. The summed E-state index contributed by atoms with van der Waals surface area (Å²) in [5.74, 6) is -0.607. The molecule has 1 heterocycles. The van der Waals surface area contributed by atoms with Gasteiger partial charge < -0.3 is 25.4 Å². The van der Waals surface area contributed by atoms with Crippen molar-refractivity contribution in [3.8, 4) is 0 Å². The van der Waals surface area contributed by atoms with E-state index < -0.39 is 23.7 Å². The van der Waals surface area contributed by atoms with Crippen LogP contribution in [0.15, 0.2) is 24.4 Å². The molecule has 2 rings (SSSR count). The molecule has 12 heteroatoms. The zero-order valence-corrected chi connectivity index (χ0v) is 15.3. The minimum Gasteiger partial charge on any atom is -0.530 e. The molecule has 7 nitrogen and oxygen atoms in total. The molecular formula is C15H13Cl2F3N5O2-. The minimum absolute atomic E-state index is 0.0980. The molecular weight excluding hydrogens is 410 g/mol. The fraction of sp³-hybridized carbons (Fsp3) is 0.267. The van der Waals surface area contributed by atoms with Crippen LogP contribution in [-0.2, 0) is 6.18 Å². The highest BCUT2D eigenvalue weighted by Crippen LogP contribution is 2.34. The number of nitrogens with one attached hydrogen (secondary N) is 2. The second-order valence-electron chi connectivity index (χ2n) is 5.32. The Bertz CT molecular complexity index is 836. The summed E-state index contributed by atoms with van der Waals surface area (Å²) in [4.78, 5) is 18.9. The number of halogens is 5. The molecule has 27 heavy (non-hydrogen) atoms. The number of carbonyl (C=O) groups excluding carboxylic acids is 1. The second-order valence-corrected chi connectivity index (χ2v) is 6.14. The van der Waals surface area contributed by atoms with E-state index in [0.29, 0.717) is 16.9 Å². The topological polar surface area (TPSA) is 93.2 Å². The molecule has 0 unspecified atom stereocenters. The van der Waals surface area contributed by atoms with Crippen LogP contribution in [0.25, 0.3) is 0 Å². The van der Waals surface area contributed by atoms with Gasteiger partial charge in [-0.1, -0.05) is 23.2 Å². The Kier molecular flexibility index (Phi) is 6.55. The van der Waals surface area contributed by atoms with Gasteiger partial charge in [0, 0.05) is 32.0 Å². The van der Waals surface area contributed by atoms with Crippen molar-refractivity contribution in [1.82, 2.24) is 14.9 Å².